The minimum absolute atomic E-state index is 0.0161. The number of pyridine rings is 1. The number of nitrogens with two attached hydrogens (primary N) is 1. The quantitative estimate of drug-likeness (QED) is 0.895. The summed E-state index contributed by atoms with van der Waals surface area (Å²) in [5.74, 6) is 1.55. The molecule has 0 aromatic carbocycles. The van der Waals surface area contributed by atoms with E-state index in [1.54, 1.807) is 6.20 Å². The zero-order valence-electron chi connectivity index (χ0n) is 13.0. The van der Waals surface area contributed by atoms with Gasteiger partial charge in [0.1, 0.15) is 11.6 Å². The van der Waals surface area contributed by atoms with Gasteiger partial charge in [-0.1, -0.05) is 19.9 Å². The summed E-state index contributed by atoms with van der Waals surface area (Å²) in [4.78, 5) is 26.1. The van der Waals surface area contributed by atoms with E-state index in [4.69, 9.17) is 5.73 Å². The molecule has 0 spiro atoms. The number of rotatable bonds is 3. The molecule has 0 aliphatic carbocycles. The predicted octanol–water partition coefficient (Wildman–Crippen LogP) is 1.43. The monoisotopic (exact) mass is 299 g/mol. The molecule has 0 bridgehead atoms. The molecule has 0 amide bonds. The van der Waals surface area contributed by atoms with Gasteiger partial charge in [0.15, 0.2) is 0 Å². The molecule has 22 heavy (non-hydrogen) atoms. The van der Waals surface area contributed by atoms with Crippen LogP contribution in [-0.4, -0.2) is 26.4 Å². The molecular weight excluding hydrogens is 278 g/mol. The van der Waals surface area contributed by atoms with Crippen molar-refractivity contribution >= 4 is 5.82 Å². The molecule has 6 heteroatoms. The summed E-state index contributed by atoms with van der Waals surface area (Å²) in [6.45, 7) is 6.24. The second-order valence-corrected chi connectivity index (χ2v) is 6.04. The molecule has 0 saturated heterocycles. The van der Waals surface area contributed by atoms with Crippen LogP contribution in [0.25, 0.3) is 0 Å². The first-order valence-corrected chi connectivity index (χ1v) is 7.58. The molecule has 2 aromatic rings. The Hall–Kier alpha value is -2.21. The molecule has 0 atom stereocenters. The number of nitrogen functional groups attached to an aromatic ring is 1. The van der Waals surface area contributed by atoms with Crippen molar-refractivity contribution < 1.29 is 0 Å². The minimum Gasteiger partial charge on any atom is -0.383 e. The zero-order valence-corrected chi connectivity index (χ0v) is 13.0. The van der Waals surface area contributed by atoms with Gasteiger partial charge in [0, 0.05) is 43.7 Å². The highest BCUT2D eigenvalue weighted by Crippen LogP contribution is 2.19. The average molecular weight is 299 g/mol. The number of aromatic nitrogens is 3. The van der Waals surface area contributed by atoms with Crippen molar-refractivity contribution in [2.45, 2.75) is 39.3 Å². The molecular formula is C16H21N5O. The Morgan fingerprint density at radius 1 is 1.45 bits per heavy atom. The lowest BCUT2D eigenvalue weighted by Gasteiger charge is -2.28. The SMILES string of the molecule is CC(C)c1nc2c(c(=O)[nH]1)CN(Cc1cccnc1N)CC2. The van der Waals surface area contributed by atoms with E-state index in [0.29, 0.717) is 18.9 Å². The van der Waals surface area contributed by atoms with Crippen LogP contribution in [-0.2, 0) is 19.5 Å². The van der Waals surface area contributed by atoms with Crippen LogP contribution in [0, 0.1) is 0 Å². The number of aromatic amines is 1. The third kappa shape index (κ3) is 2.87. The highest BCUT2D eigenvalue weighted by Gasteiger charge is 2.22. The first-order valence-electron chi connectivity index (χ1n) is 7.58. The van der Waals surface area contributed by atoms with E-state index in [-0.39, 0.29) is 11.5 Å². The summed E-state index contributed by atoms with van der Waals surface area (Å²) in [6.07, 6.45) is 2.48. The van der Waals surface area contributed by atoms with Crippen LogP contribution in [0.3, 0.4) is 0 Å². The van der Waals surface area contributed by atoms with Crippen LogP contribution in [0.4, 0.5) is 5.82 Å². The van der Waals surface area contributed by atoms with Gasteiger partial charge in [0.2, 0.25) is 0 Å². The molecule has 3 rings (SSSR count). The third-order valence-electron chi connectivity index (χ3n) is 4.03. The summed E-state index contributed by atoms with van der Waals surface area (Å²) < 4.78 is 0. The normalized spacial score (nSPS) is 15.0. The minimum atomic E-state index is -0.0161. The van der Waals surface area contributed by atoms with Crippen LogP contribution in [0.2, 0.25) is 0 Å². The maximum absolute atomic E-state index is 12.3. The predicted molar refractivity (Wildman–Crippen MR) is 85.4 cm³/mol. The molecule has 3 heterocycles. The van der Waals surface area contributed by atoms with E-state index in [0.717, 1.165) is 35.6 Å². The summed E-state index contributed by atoms with van der Waals surface area (Å²) in [7, 11) is 0. The Kier molecular flexibility index (Phi) is 3.94. The van der Waals surface area contributed by atoms with Gasteiger partial charge < -0.3 is 10.7 Å². The van der Waals surface area contributed by atoms with E-state index >= 15 is 0 Å². The number of anilines is 1. The average Bonchev–Trinajstić information content (AvgIpc) is 2.50. The summed E-state index contributed by atoms with van der Waals surface area (Å²) in [5.41, 5.74) is 8.59. The van der Waals surface area contributed by atoms with Gasteiger partial charge in [0.05, 0.1) is 11.3 Å². The topological polar surface area (TPSA) is 87.9 Å². The Balaban J connectivity index is 1.82. The van der Waals surface area contributed by atoms with Crippen molar-refractivity contribution in [1.82, 2.24) is 19.9 Å². The van der Waals surface area contributed by atoms with E-state index in [9.17, 15) is 4.79 Å². The molecule has 116 valence electrons. The van der Waals surface area contributed by atoms with Gasteiger partial charge in [0.25, 0.3) is 5.56 Å². The van der Waals surface area contributed by atoms with E-state index in [1.807, 2.05) is 26.0 Å². The molecule has 0 fully saturated rings. The zero-order chi connectivity index (χ0) is 15.7. The highest BCUT2D eigenvalue weighted by molar-refractivity contribution is 5.38. The molecule has 0 saturated carbocycles. The van der Waals surface area contributed by atoms with Crippen LogP contribution in [0.1, 0.15) is 42.4 Å². The number of H-pyrrole nitrogens is 1. The van der Waals surface area contributed by atoms with Crippen molar-refractivity contribution in [2.24, 2.45) is 0 Å². The Labute approximate surface area is 129 Å². The number of hydrogen-bond donors (Lipinski definition) is 2. The molecule has 1 aliphatic heterocycles. The molecule has 6 nitrogen and oxygen atoms in total. The number of nitrogens with zero attached hydrogens (tertiary/aromatic N) is 3. The summed E-state index contributed by atoms with van der Waals surface area (Å²) >= 11 is 0. The maximum atomic E-state index is 12.3. The summed E-state index contributed by atoms with van der Waals surface area (Å²) in [5, 5.41) is 0. The van der Waals surface area contributed by atoms with Crippen molar-refractivity contribution in [1.29, 1.82) is 0 Å². The summed E-state index contributed by atoms with van der Waals surface area (Å²) in [6, 6.07) is 3.86. The van der Waals surface area contributed by atoms with Crippen LogP contribution in [0.15, 0.2) is 23.1 Å². The Bertz CT molecular complexity index is 738. The smallest absolute Gasteiger partial charge is 0.255 e. The third-order valence-corrected chi connectivity index (χ3v) is 4.03. The molecule has 3 N–H and O–H groups in total. The van der Waals surface area contributed by atoms with Crippen molar-refractivity contribution in [3.63, 3.8) is 0 Å². The van der Waals surface area contributed by atoms with Gasteiger partial charge in [-0.2, -0.15) is 0 Å². The standard InChI is InChI=1S/C16H21N5O/c1-10(2)15-19-13-5-7-21(9-12(13)16(22)20-15)8-11-4-3-6-18-14(11)17/h3-4,6,10H,5,7-9H2,1-2H3,(H2,17,18)(H,19,20,22). The fraction of sp³-hybridized carbons (Fsp3) is 0.438. The van der Waals surface area contributed by atoms with E-state index in [2.05, 4.69) is 19.9 Å². The van der Waals surface area contributed by atoms with Crippen LogP contribution >= 0.6 is 0 Å². The lowest BCUT2D eigenvalue weighted by Crippen LogP contribution is -2.36. The molecule has 1 aliphatic rings. The van der Waals surface area contributed by atoms with Gasteiger partial charge in [-0.15, -0.1) is 0 Å². The van der Waals surface area contributed by atoms with Crippen LogP contribution in [0.5, 0.6) is 0 Å². The van der Waals surface area contributed by atoms with Crippen LogP contribution < -0.4 is 11.3 Å². The molecule has 0 unspecified atom stereocenters. The van der Waals surface area contributed by atoms with Gasteiger partial charge in [-0.05, 0) is 6.07 Å². The lowest BCUT2D eigenvalue weighted by atomic mass is 10.1. The number of fused-ring (bicyclic) bond motifs is 1. The maximum Gasteiger partial charge on any atom is 0.255 e. The largest absolute Gasteiger partial charge is 0.383 e. The number of hydrogen-bond acceptors (Lipinski definition) is 5. The fourth-order valence-corrected chi connectivity index (χ4v) is 2.73. The Morgan fingerprint density at radius 3 is 3.00 bits per heavy atom. The van der Waals surface area contributed by atoms with E-state index < -0.39 is 0 Å². The molecule has 2 aromatic heterocycles. The fourth-order valence-electron chi connectivity index (χ4n) is 2.73. The molecule has 0 radical (unpaired) electrons. The highest BCUT2D eigenvalue weighted by atomic mass is 16.1. The first kappa shape index (κ1) is 14.7. The van der Waals surface area contributed by atoms with Gasteiger partial charge in [-0.25, -0.2) is 9.97 Å². The Morgan fingerprint density at radius 2 is 2.27 bits per heavy atom. The van der Waals surface area contributed by atoms with Crippen molar-refractivity contribution in [2.75, 3.05) is 12.3 Å². The van der Waals surface area contributed by atoms with Crippen molar-refractivity contribution in [3.8, 4) is 0 Å². The second-order valence-electron chi connectivity index (χ2n) is 6.04. The second kappa shape index (κ2) is 5.88. The number of nitrogens with one attached hydrogen (secondary N) is 1. The first-order chi connectivity index (χ1) is 10.5. The van der Waals surface area contributed by atoms with Gasteiger partial charge >= 0.3 is 0 Å². The van der Waals surface area contributed by atoms with Gasteiger partial charge in [-0.3, -0.25) is 9.69 Å². The lowest BCUT2D eigenvalue weighted by molar-refractivity contribution is 0.241. The van der Waals surface area contributed by atoms with Crippen molar-refractivity contribution in [3.05, 3.63) is 51.3 Å². The van der Waals surface area contributed by atoms with E-state index in [1.165, 1.54) is 0 Å².